The topological polar surface area (TPSA) is 17.8 Å². The van der Waals surface area contributed by atoms with Crippen molar-refractivity contribution in [1.82, 2.24) is 9.55 Å². The normalized spacial score (nSPS) is 10.6. The zero-order chi connectivity index (χ0) is 15.5. The van der Waals surface area contributed by atoms with Gasteiger partial charge in [0, 0.05) is 18.3 Å². The molecule has 22 heavy (non-hydrogen) atoms. The summed E-state index contributed by atoms with van der Waals surface area (Å²) in [4.78, 5) is 4.52. The first-order chi connectivity index (χ1) is 10.6. The SMILES string of the molecule is C=C(c1cn(Cc2ccccc2)cn1)c1cccc(C)c1C. The maximum Gasteiger partial charge on any atom is 0.0956 e. The quantitative estimate of drug-likeness (QED) is 0.685. The second-order valence-electron chi connectivity index (χ2n) is 5.64. The summed E-state index contributed by atoms with van der Waals surface area (Å²) in [5.41, 5.74) is 6.90. The van der Waals surface area contributed by atoms with Crippen molar-refractivity contribution in [3.8, 4) is 0 Å². The first-order valence-corrected chi connectivity index (χ1v) is 7.46. The van der Waals surface area contributed by atoms with E-state index in [1.54, 1.807) is 0 Å². The van der Waals surface area contributed by atoms with Crippen LogP contribution >= 0.6 is 0 Å². The Morgan fingerprint density at radius 1 is 1.05 bits per heavy atom. The molecule has 0 saturated heterocycles. The molecule has 0 atom stereocenters. The zero-order valence-electron chi connectivity index (χ0n) is 13.1. The van der Waals surface area contributed by atoms with Crippen LogP contribution in [0.2, 0.25) is 0 Å². The highest BCUT2D eigenvalue weighted by Crippen LogP contribution is 2.25. The Bertz CT molecular complexity index is 798. The standard InChI is InChI=1S/C20H20N2/c1-15-8-7-11-19(16(15)2)17(3)20-13-22(14-21-20)12-18-9-5-4-6-10-18/h4-11,13-14H,3,12H2,1-2H3. The highest BCUT2D eigenvalue weighted by atomic mass is 15.0. The number of nitrogens with zero attached hydrogens (tertiary/aromatic N) is 2. The van der Waals surface area contributed by atoms with Crippen molar-refractivity contribution >= 4 is 5.57 Å². The zero-order valence-corrected chi connectivity index (χ0v) is 13.1. The molecule has 0 bridgehead atoms. The molecule has 0 aliphatic rings. The molecular formula is C20H20N2. The van der Waals surface area contributed by atoms with Crippen molar-refractivity contribution in [3.63, 3.8) is 0 Å². The van der Waals surface area contributed by atoms with E-state index >= 15 is 0 Å². The Labute approximate surface area is 131 Å². The summed E-state index contributed by atoms with van der Waals surface area (Å²) in [6.45, 7) is 9.33. The molecule has 0 aliphatic heterocycles. The van der Waals surface area contributed by atoms with Gasteiger partial charge in [-0.25, -0.2) is 4.98 Å². The number of benzene rings is 2. The summed E-state index contributed by atoms with van der Waals surface area (Å²) in [6.07, 6.45) is 3.94. The van der Waals surface area contributed by atoms with Gasteiger partial charge in [0.25, 0.3) is 0 Å². The number of aryl methyl sites for hydroxylation is 1. The Kier molecular flexibility index (Phi) is 3.92. The van der Waals surface area contributed by atoms with Gasteiger partial charge in [-0.05, 0) is 36.1 Å². The summed E-state index contributed by atoms with van der Waals surface area (Å²) in [5, 5.41) is 0. The van der Waals surface area contributed by atoms with Gasteiger partial charge in [-0.15, -0.1) is 0 Å². The molecule has 2 heteroatoms. The molecule has 0 aliphatic carbocycles. The summed E-state index contributed by atoms with van der Waals surface area (Å²) in [6, 6.07) is 16.7. The van der Waals surface area contributed by atoms with Crippen molar-refractivity contribution in [2.75, 3.05) is 0 Å². The molecule has 0 fully saturated rings. The lowest BCUT2D eigenvalue weighted by Crippen LogP contribution is -1.96. The third kappa shape index (κ3) is 2.86. The van der Waals surface area contributed by atoms with Crippen LogP contribution in [0.5, 0.6) is 0 Å². The number of hydrogen-bond donors (Lipinski definition) is 0. The van der Waals surface area contributed by atoms with Gasteiger partial charge in [-0.2, -0.15) is 0 Å². The molecule has 3 rings (SSSR count). The van der Waals surface area contributed by atoms with Crippen molar-refractivity contribution in [1.29, 1.82) is 0 Å². The van der Waals surface area contributed by atoms with Crippen LogP contribution in [0.25, 0.3) is 5.57 Å². The van der Waals surface area contributed by atoms with Gasteiger partial charge in [0.1, 0.15) is 0 Å². The maximum atomic E-state index is 4.52. The average molecular weight is 288 g/mol. The molecule has 0 saturated carbocycles. The Morgan fingerprint density at radius 3 is 2.59 bits per heavy atom. The van der Waals surface area contributed by atoms with Crippen molar-refractivity contribution in [2.24, 2.45) is 0 Å². The Hall–Kier alpha value is -2.61. The number of aromatic nitrogens is 2. The minimum atomic E-state index is 0.827. The minimum absolute atomic E-state index is 0.827. The molecule has 0 amide bonds. The first-order valence-electron chi connectivity index (χ1n) is 7.46. The summed E-state index contributed by atoms with van der Waals surface area (Å²) in [7, 11) is 0. The molecule has 0 spiro atoms. The van der Waals surface area contributed by atoms with E-state index in [1.165, 1.54) is 22.3 Å². The van der Waals surface area contributed by atoms with Crippen LogP contribution in [0.1, 0.15) is 27.9 Å². The van der Waals surface area contributed by atoms with Gasteiger partial charge >= 0.3 is 0 Å². The van der Waals surface area contributed by atoms with Gasteiger partial charge in [-0.1, -0.05) is 55.1 Å². The van der Waals surface area contributed by atoms with Gasteiger partial charge in [0.2, 0.25) is 0 Å². The van der Waals surface area contributed by atoms with Crippen LogP contribution in [-0.2, 0) is 6.54 Å². The van der Waals surface area contributed by atoms with Crippen LogP contribution in [0.3, 0.4) is 0 Å². The van der Waals surface area contributed by atoms with E-state index in [1.807, 2.05) is 12.4 Å². The monoisotopic (exact) mass is 288 g/mol. The molecule has 2 aromatic carbocycles. The second-order valence-corrected chi connectivity index (χ2v) is 5.64. The van der Waals surface area contributed by atoms with Crippen LogP contribution in [0.4, 0.5) is 0 Å². The molecule has 2 nitrogen and oxygen atoms in total. The van der Waals surface area contributed by atoms with E-state index in [0.29, 0.717) is 0 Å². The Morgan fingerprint density at radius 2 is 1.82 bits per heavy atom. The average Bonchev–Trinajstić information content (AvgIpc) is 2.99. The fourth-order valence-corrected chi connectivity index (χ4v) is 2.61. The molecule has 1 aromatic heterocycles. The molecule has 0 radical (unpaired) electrons. The molecule has 3 aromatic rings. The molecular weight excluding hydrogens is 268 g/mol. The van der Waals surface area contributed by atoms with Crippen LogP contribution < -0.4 is 0 Å². The lowest BCUT2D eigenvalue weighted by molar-refractivity contribution is 0.797. The summed E-state index contributed by atoms with van der Waals surface area (Å²) < 4.78 is 2.10. The number of hydrogen-bond acceptors (Lipinski definition) is 1. The minimum Gasteiger partial charge on any atom is -0.332 e. The molecule has 0 N–H and O–H groups in total. The third-order valence-electron chi connectivity index (χ3n) is 4.08. The van der Waals surface area contributed by atoms with Gasteiger partial charge in [0.05, 0.1) is 12.0 Å². The third-order valence-corrected chi connectivity index (χ3v) is 4.08. The van der Waals surface area contributed by atoms with E-state index < -0.39 is 0 Å². The lowest BCUT2D eigenvalue weighted by Gasteiger charge is -2.09. The van der Waals surface area contributed by atoms with E-state index in [2.05, 4.69) is 78.6 Å². The second kappa shape index (κ2) is 6.02. The fourth-order valence-electron chi connectivity index (χ4n) is 2.61. The van der Waals surface area contributed by atoms with Crippen molar-refractivity contribution < 1.29 is 0 Å². The summed E-state index contributed by atoms with van der Waals surface area (Å²) >= 11 is 0. The van der Waals surface area contributed by atoms with E-state index in [4.69, 9.17) is 0 Å². The van der Waals surface area contributed by atoms with Crippen LogP contribution in [0.15, 0.2) is 67.6 Å². The van der Waals surface area contributed by atoms with Crippen molar-refractivity contribution in [2.45, 2.75) is 20.4 Å². The lowest BCUT2D eigenvalue weighted by atomic mass is 9.96. The molecule has 0 unspecified atom stereocenters. The summed E-state index contributed by atoms with van der Waals surface area (Å²) in [5.74, 6) is 0. The first kappa shape index (κ1) is 14.3. The van der Waals surface area contributed by atoms with Crippen LogP contribution in [-0.4, -0.2) is 9.55 Å². The Balaban J connectivity index is 1.84. The molecule has 1 heterocycles. The van der Waals surface area contributed by atoms with Crippen LogP contribution in [0, 0.1) is 13.8 Å². The van der Waals surface area contributed by atoms with Gasteiger partial charge < -0.3 is 4.57 Å². The highest BCUT2D eigenvalue weighted by Gasteiger charge is 2.09. The van der Waals surface area contributed by atoms with Gasteiger partial charge in [0.15, 0.2) is 0 Å². The van der Waals surface area contributed by atoms with Gasteiger partial charge in [-0.3, -0.25) is 0 Å². The van der Waals surface area contributed by atoms with E-state index in [0.717, 1.165) is 17.8 Å². The smallest absolute Gasteiger partial charge is 0.0956 e. The fraction of sp³-hybridized carbons (Fsp3) is 0.150. The maximum absolute atomic E-state index is 4.52. The number of imidazole rings is 1. The highest BCUT2D eigenvalue weighted by molar-refractivity contribution is 5.78. The number of rotatable bonds is 4. The van der Waals surface area contributed by atoms with E-state index in [-0.39, 0.29) is 0 Å². The predicted octanol–water partition coefficient (Wildman–Crippen LogP) is 4.61. The molecule has 110 valence electrons. The van der Waals surface area contributed by atoms with E-state index in [9.17, 15) is 0 Å². The predicted molar refractivity (Wildman–Crippen MR) is 91.8 cm³/mol. The van der Waals surface area contributed by atoms with Crippen molar-refractivity contribution in [3.05, 3.63) is 95.6 Å². The largest absolute Gasteiger partial charge is 0.332 e.